The fraction of sp³-hybridized carbons (Fsp3) is 0.476. The van der Waals surface area contributed by atoms with Crippen LogP contribution in [0.3, 0.4) is 0 Å². The van der Waals surface area contributed by atoms with Gasteiger partial charge >= 0.3 is 0 Å². The standard InChI is InChI=1S/C21H26N6O3/c1-12-11-13(2)26(23-12)18-9-10-19(28)27(24-18)17-7-5-16(6-8-17)22-21(29)20-14(3)25-30-15(20)4/h9-11,16-17H,5-8H2,1-4H3,(H,22,29). The first-order valence-electron chi connectivity index (χ1n) is 10.2. The molecule has 0 spiro atoms. The van der Waals surface area contributed by atoms with E-state index < -0.39 is 0 Å². The summed E-state index contributed by atoms with van der Waals surface area (Å²) in [5.41, 5.74) is 2.85. The number of nitrogens with zero attached hydrogens (tertiary/aromatic N) is 5. The van der Waals surface area contributed by atoms with E-state index in [1.54, 1.807) is 35.3 Å². The lowest BCUT2D eigenvalue weighted by Gasteiger charge is -2.29. The van der Waals surface area contributed by atoms with Crippen molar-refractivity contribution < 1.29 is 9.32 Å². The third kappa shape index (κ3) is 3.79. The van der Waals surface area contributed by atoms with Crippen LogP contribution in [0.4, 0.5) is 0 Å². The third-order valence-corrected chi connectivity index (χ3v) is 5.68. The van der Waals surface area contributed by atoms with Crippen LogP contribution < -0.4 is 10.9 Å². The van der Waals surface area contributed by atoms with E-state index in [-0.39, 0.29) is 23.6 Å². The summed E-state index contributed by atoms with van der Waals surface area (Å²) in [5, 5.41) is 16.0. The average Bonchev–Trinajstić information content (AvgIpc) is 3.23. The van der Waals surface area contributed by atoms with Gasteiger partial charge in [-0.1, -0.05) is 5.16 Å². The minimum absolute atomic E-state index is 0.00151. The maximum absolute atomic E-state index is 12.6. The topological polar surface area (TPSA) is 108 Å². The zero-order valence-corrected chi connectivity index (χ0v) is 17.7. The molecule has 1 amide bonds. The predicted octanol–water partition coefficient (Wildman–Crippen LogP) is 2.56. The van der Waals surface area contributed by atoms with Crippen LogP contribution in [0.1, 0.15) is 64.9 Å². The number of amides is 1. The van der Waals surface area contributed by atoms with Crippen LogP contribution in [0, 0.1) is 27.7 Å². The molecule has 9 nitrogen and oxygen atoms in total. The summed E-state index contributed by atoms with van der Waals surface area (Å²) in [5.74, 6) is 1.00. The largest absolute Gasteiger partial charge is 0.361 e. The highest BCUT2D eigenvalue weighted by atomic mass is 16.5. The number of nitrogens with one attached hydrogen (secondary N) is 1. The molecule has 3 heterocycles. The van der Waals surface area contributed by atoms with Crippen LogP contribution in [0.25, 0.3) is 5.82 Å². The Balaban J connectivity index is 1.45. The molecule has 1 aliphatic carbocycles. The quantitative estimate of drug-likeness (QED) is 0.708. The zero-order valence-electron chi connectivity index (χ0n) is 17.7. The second-order valence-electron chi connectivity index (χ2n) is 7.99. The summed E-state index contributed by atoms with van der Waals surface area (Å²) in [7, 11) is 0. The minimum Gasteiger partial charge on any atom is -0.361 e. The number of carbonyl (C=O) groups is 1. The first-order chi connectivity index (χ1) is 14.3. The van der Waals surface area contributed by atoms with Gasteiger partial charge in [0.2, 0.25) is 0 Å². The second kappa shape index (κ2) is 7.89. The maximum Gasteiger partial charge on any atom is 0.267 e. The molecule has 0 atom stereocenters. The van der Waals surface area contributed by atoms with Crippen molar-refractivity contribution >= 4 is 5.91 Å². The van der Waals surface area contributed by atoms with Gasteiger partial charge in [-0.15, -0.1) is 5.10 Å². The molecule has 0 saturated heterocycles. The molecule has 3 aromatic heterocycles. The molecule has 4 rings (SSSR count). The predicted molar refractivity (Wildman–Crippen MR) is 110 cm³/mol. The third-order valence-electron chi connectivity index (χ3n) is 5.68. The second-order valence-corrected chi connectivity index (χ2v) is 7.99. The van der Waals surface area contributed by atoms with Crippen molar-refractivity contribution in [2.24, 2.45) is 0 Å². The molecule has 0 aliphatic heterocycles. The Morgan fingerprint density at radius 2 is 1.83 bits per heavy atom. The molecular formula is C21H26N6O3. The van der Waals surface area contributed by atoms with Gasteiger partial charge in [-0.3, -0.25) is 9.59 Å². The highest BCUT2D eigenvalue weighted by Crippen LogP contribution is 2.27. The van der Waals surface area contributed by atoms with E-state index in [9.17, 15) is 9.59 Å². The number of aromatic nitrogens is 5. The van der Waals surface area contributed by atoms with Crippen molar-refractivity contribution in [3.05, 3.63) is 57.0 Å². The molecule has 1 N–H and O–H groups in total. The van der Waals surface area contributed by atoms with Crippen molar-refractivity contribution in [3.8, 4) is 5.82 Å². The van der Waals surface area contributed by atoms with Gasteiger partial charge in [0.25, 0.3) is 11.5 Å². The van der Waals surface area contributed by atoms with Crippen molar-refractivity contribution in [1.82, 2.24) is 30.0 Å². The van der Waals surface area contributed by atoms with Crippen LogP contribution in [-0.4, -0.2) is 36.7 Å². The van der Waals surface area contributed by atoms with Crippen LogP contribution in [-0.2, 0) is 0 Å². The lowest BCUT2D eigenvalue weighted by atomic mass is 9.91. The van der Waals surface area contributed by atoms with Crippen LogP contribution in [0.15, 0.2) is 27.5 Å². The molecule has 3 aromatic rings. The number of rotatable bonds is 4. The van der Waals surface area contributed by atoms with Gasteiger partial charge in [-0.2, -0.15) is 5.10 Å². The average molecular weight is 410 g/mol. The van der Waals surface area contributed by atoms with Gasteiger partial charge in [0, 0.05) is 17.8 Å². The molecule has 1 fully saturated rings. The molecule has 30 heavy (non-hydrogen) atoms. The van der Waals surface area contributed by atoms with Crippen molar-refractivity contribution in [1.29, 1.82) is 0 Å². The Morgan fingerprint density at radius 3 is 2.43 bits per heavy atom. The summed E-state index contributed by atoms with van der Waals surface area (Å²) in [4.78, 5) is 25.0. The summed E-state index contributed by atoms with van der Waals surface area (Å²) < 4.78 is 8.41. The van der Waals surface area contributed by atoms with Crippen LogP contribution in [0.5, 0.6) is 0 Å². The Bertz CT molecular complexity index is 1110. The lowest BCUT2D eigenvalue weighted by Crippen LogP contribution is -2.40. The molecule has 0 radical (unpaired) electrons. The molecule has 0 aromatic carbocycles. The van der Waals surface area contributed by atoms with E-state index in [2.05, 4.69) is 20.7 Å². The SMILES string of the molecule is Cc1cc(C)n(-c2ccc(=O)n(C3CCC(NC(=O)c4c(C)noc4C)CC3)n2)n1. The van der Waals surface area contributed by atoms with E-state index in [0.717, 1.165) is 37.1 Å². The smallest absolute Gasteiger partial charge is 0.267 e. The highest BCUT2D eigenvalue weighted by Gasteiger charge is 2.27. The van der Waals surface area contributed by atoms with E-state index in [1.165, 1.54) is 0 Å². The van der Waals surface area contributed by atoms with Crippen LogP contribution in [0.2, 0.25) is 0 Å². The van der Waals surface area contributed by atoms with Crippen molar-refractivity contribution in [2.75, 3.05) is 0 Å². The van der Waals surface area contributed by atoms with Gasteiger partial charge in [-0.25, -0.2) is 9.36 Å². The molecular weight excluding hydrogens is 384 g/mol. The Morgan fingerprint density at radius 1 is 1.10 bits per heavy atom. The lowest BCUT2D eigenvalue weighted by molar-refractivity contribution is 0.0919. The Kier molecular flexibility index (Phi) is 5.27. The fourth-order valence-corrected chi connectivity index (χ4v) is 4.18. The normalized spacial score (nSPS) is 19.1. The van der Waals surface area contributed by atoms with Crippen molar-refractivity contribution in [3.63, 3.8) is 0 Å². The minimum atomic E-state index is -0.156. The first kappa shape index (κ1) is 20.1. The van der Waals surface area contributed by atoms with E-state index in [0.29, 0.717) is 22.8 Å². The molecule has 0 bridgehead atoms. The summed E-state index contributed by atoms with van der Waals surface area (Å²) in [6.45, 7) is 7.39. The van der Waals surface area contributed by atoms with Crippen LogP contribution >= 0.6 is 0 Å². The summed E-state index contributed by atoms with van der Waals surface area (Å²) >= 11 is 0. The Hall–Kier alpha value is -3.23. The van der Waals surface area contributed by atoms with E-state index in [4.69, 9.17) is 4.52 Å². The first-order valence-corrected chi connectivity index (χ1v) is 10.2. The number of hydrogen-bond acceptors (Lipinski definition) is 6. The van der Waals surface area contributed by atoms with E-state index in [1.807, 2.05) is 19.9 Å². The number of carbonyl (C=O) groups excluding carboxylic acids is 1. The highest BCUT2D eigenvalue weighted by molar-refractivity contribution is 5.96. The number of aryl methyl sites for hydroxylation is 4. The van der Waals surface area contributed by atoms with Crippen molar-refractivity contribution in [2.45, 2.75) is 65.5 Å². The van der Waals surface area contributed by atoms with Gasteiger partial charge in [0.1, 0.15) is 11.3 Å². The maximum atomic E-state index is 12.6. The van der Waals surface area contributed by atoms with Gasteiger partial charge in [0.05, 0.1) is 17.4 Å². The summed E-state index contributed by atoms with van der Waals surface area (Å²) in [6, 6.07) is 5.28. The zero-order chi connectivity index (χ0) is 21.4. The molecule has 1 saturated carbocycles. The van der Waals surface area contributed by atoms with Gasteiger partial charge in [-0.05, 0) is 65.5 Å². The summed E-state index contributed by atoms with van der Waals surface area (Å²) in [6.07, 6.45) is 3.08. The van der Waals surface area contributed by atoms with Gasteiger partial charge < -0.3 is 9.84 Å². The Labute approximate surface area is 174 Å². The number of hydrogen-bond donors (Lipinski definition) is 1. The molecule has 0 unspecified atom stereocenters. The monoisotopic (exact) mass is 410 g/mol. The molecule has 158 valence electrons. The van der Waals surface area contributed by atoms with Gasteiger partial charge in [0.15, 0.2) is 5.82 Å². The van der Waals surface area contributed by atoms with E-state index >= 15 is 0 Å². The molecule has 9 heteroatoms. The fourth-order valence-electron chi connectivity index (χ4n) is 4.18. The molecule has 1 aliphatic rings.